The Morgan fingerprint density at radius 2 is 2.03 bits per heavy atom. The lowest BCUT2D eigenvalue weighted by atomic mass is 9.90. The number of aromatic amines is 1. The Kier molecular flexibility index (Phi) is 3.47. The van der Waals surface area contributed by atoms with Gasteiger partial charge in [-0.25, -0.2) is 19.3 Å². The summed E-state index contributed by atoms with van der Waals surface area (Å²) in [6, 6.07) is 6.24. The summed E-state index contributed by atoms with van der Waals surface area (Å²) < 4.78 is 19.4. The summed E-state index contributed by atoms with van der Waals surface area (Å²) >= 11 is 0. The predicted molar refractivity (Wildman–Crippen MR) is 103 cm³/mol. The van der Waals surface area contributed by atoms with Crippen molar-refractivity contribution < 1.29 is 8.81 Å². The molecule has 1 saturated heterocycles. The van der Waals surface area contributed by atoms with Gasteiger partial charge in [-0.1, -0.05) is 6.07 Å². The van der Waals surface area contributed by atoms with Crippen molar-refractivity contribution in [2.45, 2.75) is 25.2 Å². The molecule has 1 spiro atoms. The van der Waals surface area contributed by atoms with E-state index in [1.54, 1.807) is 24.8 Å². The fraction of sp³-hybridized carbons (Fsp3) is 0.350. The summed E-state index contributed by atoms with van der Waals surface area (Å²) in [7, 11) is 0. The molecule has 1 unspecified atom stereocenters. The second-order valence-corrected chi connectivity index (χ2v) is 7.86. The molecule has 1 aliphatic carbocycles. The number of nitrogens with zero attached hydrogens (tertiary/aromatic N) is 6. The maximum absolute atomic E-state index is 13.5. The van der Waals surface area contributed by atoms with Crippen molar-refractivity contribution in [1.82, 2.24) is 30.1 Å². The lowest BCUT2D eigenvalue weighted by Crippen LogP contribution is -2.35. The number of anilines is 1. The van der Waals surface area contributed by atoms with E-state index in [0.29, 0.717) is 23.0 Å². The first-order valence-electron chi connectivity index (χ1n) is 9.70. The third-order valence-corrected chi connectivity index (χ3v) is 6.26. The van der Waals surface area contributed by atoms with Crippen LogP contribution in [0.2, 0.25) is 0 Å². The molecule has 0 bridgehead atoms. The highest BCUT2D eigenvalue weighted by atomic mass is 19.1. The van der Waals surface area contributed by atoms with Gasteiger partial charge in [0.2, 0.25) is 11.8 Å². The van der Waals surface area contributed by atoms with Crippen LogP contribution in [0.15, 0.2) is 41.3 Å². The Hall–Kier alpha value is -3.36. The molecule has 1 N–H and O–H groups in total. The number of halogens is 1. The van der Waals surface area contributed by atoms with E-state index < -0.39 is 0 Å². The van der Waals surface area contributed by atoms with Crippen LogP contribution < -0.4 is 4.90 Å². The Bertz CT molecular complexity index is 1190. The van der Waals surface area contributed by atoms with Crippen LogP contribution in [0.25, 0.3) is 22.6 Å². The van der Waals surface area contributed by atoms with Crippen molar-refractivity contribution in [3.8, 4) is 11.5 Å². The van der Waals surface area contributed by atoms with Gasteiger partial charge in [0.1, 0.15) is 17.7 Å². The average Bonchev–Trinajstić information content (AvgIpc) is 3.13. The topological polar surface area (TPSA) is 96.6 Å². The second kappa shape index (κ2) is 6.07. The number of imidazole rings is 1. The first-order chi connectivity index (χ1) is 14.2. The van der Waals surface area contributed by atoms with E-state index in [4.69, 9.17) is 4.42 Å². The van der Waals surface area contributed by atoms with E-state index in [9.17, 15) is 4.39 Å². The normalized spacial score (nSPS) is 20.4. The van der Waals surface area contributed by atoms with Crippen LogP contribution in [-0.4, -0.2) is 43.2 Å². The monoisotopic (exact) mass is 391 g/mol. The number of hydrogen-bond donors (Lipinski definition) is 1. The molecule has 0 amide bonds. The van der Waals surface area contributed by atoms with Gasteiger partial charge in [-0.05, 0) is 42.9 Å². The van der Waals surface area contributed by atoms with Crippen LogP contribution in [0.5, 0.6) is 0 Å². The quantitative estimate of drug-likeness (QED) is 0.572. The first-order valence-corrected chi connectivity index (χ1v) is 9.70. The lowest BCUT2D eigenvalue weighted by molar-refractivity contribution is 0.352. The zero-order chi connectivity index (χ0) is 19.4. The summed E-state index contributed by atoms with van der Waals surface area (Å²) in [5, 5.41) is 8.39. The highest BCUT2D eigenvalue weighted by molar-refractivity contribution is 5.82. The third kappa shape index (κ3) is 2.68. The smallest absolute Gasteiger partial charge is 0.247 e. The molecule has 1 atom stereocenters. The standard InChI is InChI=1S/C20H18FN7O/c21-13-3-1-2-12(8-13)18-26-27-19(29-18)14-9-20(14)4-6-28(7-5-20)17-15-16(23-10-22-15)24-11-25-17/h1-3,8,10-11,14H,4-7,9H2,(H,22,23,24,25). The molecule has 1 aromatic carbocycles. The Morgan fingerprint density at radius 3 is 2.90 bits per heavy atom. The Balaban J connectivity index is 1.18. The fourth-order valence-electron chi connectivity index (χ4n) is 4.52. The van der Waals surface area contributed by atoms with Crippen LogP contribution >= 0.6 is 0 Å². The highest BCUT2D eigenvalue weighted by Crippen LogP contribution is 2.64. The van der Waals surface area contributed by atoms with Crippen LogP contribution in [0.1, 0.15) is 31.1 Å². The van der Waals surface area contributed by atoms with Crippen molar-refractivity contribution in [1.29, 1.82) is 0 Å². The van der Waals surface area contributed by atoms with E-state index in [0.717, 1.165) is 43.7 Å². The van der Waals surface area contributed by atoms with E-state index in [1.807, 2.05) is 0 Å². The molecule has 2 fully saturated rings. The van der Waals surface area contributed by atoms with Crippen LogP contribution in [-0.2, 0) is 0 Å². The van der Waals surface area contributed by atoms with Gasteiger partial charge in [-0.3, -0.25) is 0 Å². The van der Waals surface area contributed by atoms with Crippen LogP contribution in [0, 0.1) is 11.2 Å². The molecule has 4 heterocycles. The number of piperidine rings is 1. The zero-order valence-corrected chi connectivity index (χ0v) is 15.5. The van der Waals surface area contributed by atoms with E-state index in [1.165, 1.54) is 12.1 Å². The minimum Gasteiger partial charge on any atom is -0.420 e. The number of rotatable bonds is 3. The summed E-state index contributed by atoms with van der Waals surface area (Å²) in [6.07, 6.45) is 6.34. The largest absolute Gasteiger partial charge is 0.420 e. The summed E-state index contributed by atoms with van der Waals surface area (Å²) in [6.45, 7) is 1.82. The maximum Gasteiger partial charge on any atom is 0.247 e. The number of nitrogens with one attached hydrogen (secondary N) is 1. The summed E-state index contributed by atoms with van der Waals surface area (Å²) in [5.41, 5.74) is 2.39. The van der Waals surface area contributed by atoms with Gasteiger partial charge in [-0.15, -0.1) is 10.2 Å². The van der Waals surface area contributed by atoms with Gasteiger partial charge in [0, 0.05) is 24.6 Å². The van der Waals surface area contributed by atoms with Crippen molar-refractivity contribution in [2.75, 3.05) is 18.0 Å². The molecule has 9 heteroatoms. The lowest BCUT2D eigenvalue weighted by Gasteiger charge is -2.33. The average molecular weight is 391 g/mol. The van der Waals surface area contributed by atoms with E-state index >= 15 is 0 Å². The Morgan fingerprint density at radius 1 is 1.14 bits per heavy atom. The molecule has 3 aromatic heterocycles. The minimum atomic E-state index is -0.311. The summed E-state index contributed by atoms with van der Waals surface area (Å²) in [5.74, 6) is 1.91. The predicted octanol–water partition coefficient (Wildman–Crippen LogP) is 3.32. The molecule has 1 saturated carbocycles. The number of H-pyrrole nitrogens is 1. The highest BCUT2D eigenvalue weighted by Gasteiger charge is 2.58. The number of benzene rings is 1. The molecular weight excluding hydrogens is 373 g/mol. The molecular formula is C20H18FN7O. The minimum absolute atomic E-state index is 0.211. The third-order valence-electron chi connectivity index (χ3n) is 6.26. The fourth-order valence-corrected chi connectivity index (χ4v) is 4.52. The van der Waals surface area contributed by atoms with Crippen LogP contribution in [0.3, 0.4) is 0 Å². The molecule has 0 radical (unpaired) electrons. The molecule has 29 heavy (non-hydrogen) atoms. The molecule has 2 aliphatic rings. The number of aromatic nitrogens is 6. The van der Waals surface area contributed by atoms with Gasteiger partial charge in [0.15, 0.2) is 11.5 Å². The zero-order valence-electron chi connectivity index (χ0n) is 15.5. The molecule has 146 valence electrons. The molecule has 1 aliphatic heterocycles. The van der Waals surface area contributed by atoms with Gasteiger partial charge in [0.25, 0.3) is 0 Å². The number of fused-ring (bicyclic) bond motifs is 1. The van der Waals surface area contributed by atoms with E-state index in [2.05, 4.69) is 35.0 Å². The Labute approximate surface area is 165 Å². The van der Waals surface area contributed by atoms with Crippen molar-refractivity contribution in [3.63, 3.8) is 0 Å². The van der Waals surface area contributed by atoms with Crippen LogP contribution in [0.4, 0.5) is 10.2 Å². The number of hydrogen-bond acceptors (Lipinski definition) is 7. The van der Waals surface area contributed by atoms with E-state index in [-0.39, 0.29) is 17.2 Å². The van der Waals surface area contributed by atoms with Crippen molar-refractivity contribution >= 4 is 17.0 Å². The molecule has 4 aromatic rings. The second-order valence-electron chi connectivity index (χ2n) is 7.86. The maximum atomic E-state index is 13.5. The SMILES string of the molecule is Fc1cccc(-c2nnc(C3CC34CCN(c3ncnc5nc[nH]c35)CC4)o2)c1. The van der Waals surface area contributed by atoms with Gasteiger partial charge in [-0.2, -0.15) is 0 Å². The van der Waals surface area contributed by atoms with Crippen molar-refractivity contribution in [2.24, 2.45) is 5.41 Å². The first kappa shape index (κ1) is 16.6. The molecule has 6 rings (SSSR count). The van der Waals surface area contributed by atoms with Crippen molar-refractivity contribution in [3.05, 3.63) is 48.6 Å². The van der Waals surface area contributed by atoms with Gasteiger partial charge in [0.05, 0.1) is 6.33 Å². The summed E-state index contributed by atoms with van der Waals surface area (Å²) in [4.78, 5) is 18.3. The van der Waals surface area contributed by atoms with Gasteiger partial charge < -0.3 is 14.3 Å². The molecule has 8 nitrogen and oxygen atoms in total. The van der Waals surface area contributed by atoms with Gasteiger partial charge >= 0.3 is 0 Å².